The highest BCUT2D eigenvalue weighted by atomic mass is 19.3. The molecule has 3 aromatic rings. The van der Waals surface area contributed by atoms with Gasteiger partial charge in [0.25, 0.3) is 0 Å². The second kappa shape index (κ2) is 11.3. The molecule has 186 valence electrons. The summed E-state index contributed by atoms with van der Waals surface area (Å²) in [5.74, 6) is -1.06. The summed E-state index contributed by atoms with van der Waals surface area (Å²) in [6.45, 7) is 4.02. The average Bonchev–Trinajstić information content (AvgIpc) is 2.86. The zero-order valence-electron chi connectivity index (χ0n) is 20.8. The van der Waals surface area contributed by atoms with Crippen LogP contribution in [0, 0.1) is 5.82 Å². The number of hydrogen-bond donors (Lipinski definition) is 0. The lowest BCUT2D eigenvalue weighted by Gasteiger charge is -2.29. The highest BCUT2D eigenvalue weighted by molar-refractivity contribution is 5.80. The molecule has 0 saturated carbocycles. The van der Waals surface area contributed by atoms with Gasteiger partial charge in [0.15, 0.2) is 11.6 Å². The Morgan fingerprint density at radius 1 is 0.714 bits per heavy atom. The molecule has 1 aliphatic heterocycles. The molecule has 0 aromatic heterocycles. The Kier molecular flexibility index (Phi) is 8.20. The summed E-state index contributed by atoms with van der Waals surface area (Å²) in [5, 5.41) is 0. The van der Waals surface area contributed by atoms with Gasteiger partial charge in [-0.05, 0) is 53.1 Å². The van der Waals surface area contributed by atoms with Crippen molar-refractivity contribution in [3.63, 3.8) is 0 Å². The quantitative estimate of drug-likeness (QED) is 0.248. The third-order valence-electron chi connectivity index (χ3n) is 7.02. The second-order valence-corrected chi connectivity index (χ2v) is 9.57. The van der Waals surface area contributed by atoms with E-state index in [9.17, 15) is 13.2 Å². The van der Waals surface area contributed by atoms with Crippen LogP contribution in [0.4, 0.5) is 13.2 Å². The molecule has 0 aliphatic carbocycles. The molecule has 0 fully saturated rings. The molecule has 0 saturated heterocycles. The van der Waals surface area contributed by atoms with E-state index >= 15 is 0 Å². The Morgan fingerprint density at radius 3 is 2.03 bits per heavy atom. The maximum atomic E-state index is 15.0. The fraction of sp³-hybridized carbons (Fsp3) is 0.419. The SMILES string of the molecule is CCCCCCCCCCc1ccc(-c2ccc3c(c2)C(F)(F)Oc2c-3ccc(CC)c2F)cc1. The van der Waals surface area contributed by atoms with Crippen molar-refractivity contribution in [2.75, 3.05) is 0 Å². The third kappa shape index (κ3) is 5.74. The molecule has 1 aliphatic rings. The molecule has 0 N–H and O–H groups in total. The van der Waals surface area contributed by atoms with Crippen LogP contribution in [-0.2, 0) is 19.0 Å². The minimum Gasteiger partial charge on any atom is -0.425 e. The summed E-state index contributed by atoms with van der Waals surface area (Å²) in [5.41, 5.74) is 3.66. The summed E-state index contributed by atoms with van der Waals surface area (Å²) >= 11 is 0. The second-order valence-electron chi connectivity index (χ2n) is 9.57. The smallest absolute Gasteiger partial charge is 0.425 e. The molecule has 0 radical (unpaired) electrons. The normalized spacial score (nSPS) is 13.7. The highest BCUT2D eigenvalue weighted by Gasteiger charge is 2.43. The van der Waals surface area contributed by atoms with E-state index < -0.39 is 11.9 Å². The van der Waals surface area contributed by atoms with Gasteiger partial charge in [-0.3, -0.25) is 0 Å². The van der Waals surface area contributed by atoms with Crippen molar-refractivity contribution < 1.29 is 17.9 Å². The Hall–Kier alpha value is -2.75. The van der Waals surface area contributed by atoms with Crippen LogP contribution in [-0.4, -0.2) is 0 Å². The molecular formula is C31H35F3O. The molecule has 0 atom stereocenters. The minimum atomic E-state index is -3.60. The number of alkyl halides is 2. The van der Waals surface area contributed by atoms with Crippen LogP contribution in [0.1, 0.15) is 81.9 Å². The van der Waals surface area contributed by atoms with Gasteiger partial charge in [0, 0.05) is 5.56 Å². The molecule has 4 rings (SSSR count). The van der Waals surface area contributed by atoms with Gasteiger partial charge in [-0.2, -0.15) is 8.78 Å². The van der Waals surface area contributed by atoms with E-state index in [0.717, 1.165) is 12.0 Å². The van der Waals surface area contributed by atoms with Crippen molar-refractivity contribution in [1.29, 1.82) is 0 Å². The standard InChI is InChI=1S/C31H35F3O/c1-3-5-6-7-8-9-10-11-12-22-13-15-24(16-14-22)25-18-19-26-27-20-17-23(4-2)29(32)30(27)35-31(33,34)28(26)21-25/h13-21H,3-12H2,1-2H3. The Bertz CT molecular complexity index is 1130. The minimum absolute atomic E-state index is 0.228. The van der Waals surface area contributed by atoms with Gasteiger partial charge >= 0.3 is 6.11 Å². The van der Waals surface area contributed by atoms with Crippen molar-refractivity contribution >= 4 is 0 Å². The fourth-order valence-electron chi connectivity index (χ4n) is 4.89. The number of halogens is 3. The van der Waals surface area contributed by atoms with Gasteiger partial charge < -0.3 is 4.74 Å². The number of fused-ring (bicyclic) bond motifs is 3. The van der Waals surface area contributed by atoms with Crippen LogP contribution in [0.5, 0.6) is 5.75 Å². The summed E-state index contributed by atoms with van der Waals surface area (Å²) in [6, 6.07) is 16.4. The zero-order valence-corrected chi connectivity index (χ0v) is 20.8. The Morgan fingerprint density at radius 2 is 1.34 bits per heavy atom. The van der Waals surface area contributed by atoms with E-state index in [2.05, 4.69) is 19.1 Å². The van der Waals surface area contributed by atoms with Gasteiger partial charge in [-0.25, -0.2) is 4.39 Å². The van der Waals surface area contributed by atoms with Crippen LogP contribution >= 0.6 is 0 Å². The average molecular weight is 481 g/mol. The van der Waals surface area contributed by atoms with E-state index in [0.29, 0.717) is 28.7 Å². The van der Waals surface area contributed by atoms with Crippen LogP contribution in [0.25, 0.3) is 22.3 Å². The molecule has 1 nitrogen and oxygen atoms in total. The van der Waals surface area contributed by atoms with E-state index in [1.54, 1.807) is 25.1 Å². The van der Waals surface area contributed by atoms with Crippen molar-refractivity contribution in [3.8, 4) is 28.0 Å². The zero-order chi connectivity index (χ0) is 24.8. The van der Waals surface area contributed by atoms with E-state index in [1.807, 2.05) is 18.2 Å². The first-order valence-electron chi connectivity index (χ1n) is 13.1. The molecule has 0 amide bonds. The van der Waals surface area contributed by atoms with Gasteiger partial charge in [0.05, 0.1) is 5.56 Å². The topological polar surface area (TPSA) is 9.23 Å². The van der Waals surface area contributed by atoms with Crippen molar-refractivity contribution in [3.05, 3.63) is 77.1 Å². The highest BCUT2D eigenvalue weighted by Crippen LogP contribution is 2.49. The maximum absolute atomic E-state index is 15.0. The van der Waals surface area contributed by atoms with E-state index in [1.165, 1.54) is 63.0 Å². The van der Waals surface area contributed by atoms with Crippen LogP contribution in [0.15, 0.2) is 54.6 Å². The first-order valence-corrected chi connectivity index (χ1v) is 13.1. The van der Waals surface area contributed by atoms with Crippen LogP contribution in [0.2, 0.25) is 0 Å². The number of aryl methyl sites for hydroxylation is 2. The van der Waals surface area contributed by atoms with Crippen molar-refractivity contribution in [2.45, 2.75) is 84.2 Å². The summed E-state index contributed by atoms with van der Waals surface area (Å²) in [6.07, 6.45) is 8.20. The van der Waals surface area contributed by atoms with Crippen molar-refractivity contribution in [2.24, 2.45) is 0 Å². The maximum Gasteiger partial charge on any atom is 0.427 e. The molecule has 0 bridgehead atoms. The van der Waals surface area contributed by atoms with E-state index in [4.69, 9.17) is 4.74 Å². The van der Waals surface area contributed by atoms with Crippen molar-refractivity contribution in [1.82, 2.24) is 0 Å². The molecule has 4 heteroatoms. The monoisotopic (exact) mass is 480 g/mol. The molecule has 3 aromatic carbocycles. The summed E-state index contributed by atoms with van der Waals surface area (Å²) in [4.78, 5) is 0. The predicted octanol–water partition coefficient (Wildman–Crippen LogP) is 9.85. The Balaban J connectivity index is 1.44. The number of benzene rings is 3. The first kappa shape index (κ1) is 25.3. The molecule has 0 unspecified atom stereocenters. The molecule has 35 heavy (non-hydrogen) atoms. The number of unbranched alkanes of at least 4 members (excludes halogenated alkanes) is 7. The predicted molar refractivity (Wildman–Crippen MR) is 137 cm³/mol. The third-order valence-corrected chi connectivity index (χ3v) is 7.02. The van der Waals surface area contributed by atoms with E-state index in [-0.39, 0.29) is 11.3 Å². The summed E-state index contributed by atoms with van der Waals surface area (Å²) < 4.78 is 49.5. The first-order chi connectivity index (χ1) is 16.9. The lowest BCUT2D eigenvalue weighted by molar-refractivity contribution is -0.188. The van der Waals surface area contributed by atoms with Crippen LogP contribution in [0.3, 0.4) is 0 Å². The molecular weight excluding hydrogens is 445 g/mol. The van der Waals surface area contributed by atoms with Gasteiger partial charge in [-0.15, -0.1) is 0 Å². The summed E-state index contributed by atoms with van der Waals surface area (Å²) in [7, 11) is 0. The van der Waals surface area contributed by atoms with Gasteiger partial charge in [0.1, 0.15) is 0 Å². The van der Waals surface area contributed by atoms with Crippen LogP contribution < -0.4 is 4.74 Å². The molecule has 1 heterocycles. The number of ether oxygens (including phenoxy) is 1. The lowest BCUT2D eigenvalue weighted by atomic mass is 9.91. The lowest BCUT2D eigenvalue weighted by Crippen LogP contribution is -2.27. The Labute approximate surface area is 207 Å². The van der Waals surface area contributed by atoms with Gasteiger partial charge in [-0.1, -0.05) is 107 Å². The van der Waals surface area contributed by atoms with Gasteiger partial charge in [0.2, 0.25) is 0 Å². The number of hydrogen-bond acceptors (Lipinski definition) is 1. The largest absolute Gasteiger partial charge is 0.427 e. The fourth-order valence-corrected chi connectivity index (χ4v) is 4.89. The molecule has 0 spiro atoms. The number of rotatable bonds is 11.